The van der Waals surface area contributed by atoms with E-state index in [1.54, 1.807) is 7.11 Å². The molecule has 1 fully saturated rings. The topological polar surface area (TPSA) is 80.4 Å². The number of ether oxygens (including phenoxy) is 1. The van der Waals surface area contributed by atoms with Gasteiger partial charge in [-0.2, -0.15) is 4.98 Å². The van der Waals surface area contributed by atoms with E-state index in [-0.39, 0.29) is 5.41 Å². The fourth-order valence-corrected chi connectivity index (χ4v) is 3.13. The number of aromatic nitrogens is 4. The molecule has 0 unspecified atom stereocenters. The molecule has 3 heterocycles. The summed E-state index contributed by atoms with van der Waals surface area (Å²) in [5, 5.41) is 3.93. The van der Waals surface area contributed by atoms with E-state index in [2.05, 4.69) is 60.6 Å². The lowest BCUT2D eigenvalue weighted by Gasteiger charge is -2.35. The number of methoxy groups -OCH3 is 1. The minimum Gasteiger partial charge on any atom is -0.377 e. The van der Waals surface area contributed by atoms with Crippen LogP contribution in [0.25, 0.3) is 0 Å². The molecule has 2 aromatic rings. The van der Waals surface area contributed by atoms with Gasteiger partial charge in [0.25, 0.3) is 0 Å². The second kappa shape index (κ2) is 8.53. The maximum Gasteiger partial charge on any atom is 0.240 e. The van der Waals surface area contributed by atoms with E-state index in [0.29, 0.717) is 30.8 Å². The normalized spacial score (nSPS) is 16.2. The van der Waals surface area contributed by atoms with Crippen LogP contribution in [0.4, 0.5) is 5.82 Å². The second-order valence-corrected chi connectivity index (χ2v) is 8.67. The van der Waals surface area contributed by atoms with Crippen molar-refractivity contribution < 1.29 is 9.26 Å². The molecule has 0 spiro atoms. The van der Waals surface area contributed by atoms with Gasteiger partial charge in [-0.1, -0.05) is 39.8 Å². The minimum atomic E-state index is 0.00101. The molecule has 8 heteroatoms. The van der Waals surface area contributed by atoms with Gasteiger partial charge in [0.05, 0.1) is 12.2 Å². The number of nitrogens with zero attached hydrogens (tertiary/aromatic N) is 6. The van der Waals surface area contributed by atoms with Gasteiger partial charge in [-0.3, -0.25) is 4.90 Å². The Balaban J connectivity index is 1.66. The first-order valence-electron chi connectivity index (χ1n) is 9.93. The van der Waals surface area contributed by atoms with Gasteiger partial charge in [-0.25, -0.2) is 9.97 Å². The first-order chi connectivity index (χ1) is 13.3. The molecule has 28 heavy (non-hydrogen) atoms. The summed E-state index contributed by atoms with van der Waals surface area (Å²) in [5.41, 5.74) is 1.10. The number of anilines is 1. The van der Waals surface area contributed by atoms with Crippen LogP contribution in [-0.2, 0) is 23.3 Å². The van der Waals surface area contributed by atoms with Crippen LogP contribution in [-0.4, -0.2) is 58.3 Å². The van der Waals surface area contributed by atoms with Crippen LogP contribution < -0.4 is 4.90 Å². The maximum atomic E-state index is 5.31. The third-order valence-corrected chi connectivity index (χ3v) is 4.85. The first-order valence-corrected chi connectivity index (χ1v) is 9.93. The van der Waals surface area contributed by atoms with E-state index in [9.17, 15) is 0 Å². The van der Waals surface area contributed by atoms with Crippen molar-refractivity contribution in [3.05, 3.63) is 29.3 Å². The summed E-state index contributed by atoms with van der Waals surface area (Å²) in [6, 6.07) is 2.15. The standard InChI is InChI=1S/C20H32N6O2/c1-14(2)19-21-15(20(3,4)5)11-17(23-19)26-9-7-25(8-10-26)12-18-22-16(13-27-6)24-28-18/h11,14H,7-10,12-13H2,1-6H3. The van der Waals surface area contributed by atoms with Crippen LogP contribution in [0, 0.1) is 0 Å². The molecule has 1 aliphatic heterocycles. The highest BCUT2D eigenvalue weighted by atomic mass is 16.5. The quantitative estimate of drug-likeness (QED) is 0.747. The molecule has 0 atom stereocenters. The van der Waals surface area contributed by atoms with Crippen LogP contribution >= 0.6 is 0 Å². The lowest BCUT2D eigenvalue weighted by molar-refractivity contribution is 0.174. The molecule has 0 bridgehead atoms. The van der Waals surface area contributed by atoms with E-state index >= 15 is 0 Å². The zero-order valence-electron chi connectivity index (χ0n) is 17.9. The van der Waals surface area contributed by atoms with E-state index in [1.807, 2.05) is 0 Å². The van der Waals surface area contributed by atoms with Crippen molar-refractivity contribution in [3.8, 4) is 0 Å². The van der Waals surface area contributed by atoms with Crippen molar-refractivity contribution in [1.29, 1.82) is 0 Å². The molecule has 0 aromatic carbocycles. The van der Waals surface area contributed by atoms with Gasteiger partial charge >= 0.3 is 0 Å². The largest absolute Gasteiger partial charge is 0.377 e. The van der Waals surface area contributed by atoms with Gasteiger partial charge < -0.3 is 14.2 Å². The Morgan fingerprint density at radius 1 is 1.11 bits per heavy atom. The molecule has 154 valence electrons. The fraction of sp³-hybridized carbons (Fsp3) is 0.700. The van der Waals surface area contributed by atoms with Crippen LogP contribution in [0.2, 0.25) is 0 Å². The van der Waals surface area contributed by atoms with Crippen molar-refractivity contribution in [2.45, 2.75) is 59.1 Å². The third kappa shape index (κ3) is 5.05. The predicted octanol–water partition coefficient (Wildman–Crippen LogP) is 2.75. The van der Waals surface area contributed by atoms with E-state index < -0.39 is 0 Å². The van der Waals surface area contributed by atoms with Crippen LogP contribution in [0.3, 0.4) is 0 Å². The number of rotatable bonds is 6. The van der Waals surface area contributed by atoms with E-state index in [1.165, 1.54) is 0 Å². The smallest absolute Gasteiger partial charge is 0.240 e. The average Bonchev–Trinajstić information content (AvgIpc) is 3.08. The number of piperazine rings is 1. The van der Waals surface area contributed by atoms with Gasteiger partial charge in [0.1, 0.15) is 18.2 Å². The molecule has 0 amide bonds. The van der Waals surface area contributed by atoms with Gasteiger partial charge in [-0.15, -0.1) is 0 Å². The Labute approximate surface area is 167 Å². The fourth-order valence-electron chi connectivity index (χ4n) is 3.13. The lowest BCUT2D eigenvalue weighted by Crippen LogP contribution is -2.46. The number of hydrogen-bond acceptors (Lipinski definition) is 8. The van der Waals surface area contributed by atoms with Crippen molar-refractivity contribution >= 4 is 5.82 Å². The first kappa shape index (κ1) is 20.7. The second-order valence-electron chi connectivity index (χ2n) is 8.67. The van der Waals surface area contributed by atoms with E-state index in [0.717, 1.165) is 43.5 Å². The Bertz CT molecular complexity index is 775. The van der Waals surface area contributed by atoms with Gasteiger partial charge in [-0.05, 0) is 0 Å². The summed E-state index contributed by atoms with van der Waals surface area (Å²) in [7, 11) is 1.62. The molecular weight excluding hydrogens is 356 g/mol. The highest BCUT2D eigenvalue weighted by Gasteiger charge is 2.24. The molecule has 1 aliphatic rings. The van der Waals surface area contributed by atoms with Gasteiger partial charge in [0, 0.05) is 50.7 Å². The van der Waals surface area contributed by atoms with Crippen molar-refractivity contribution in [1.82, 2.24) is 25.0 Å². The van der Waals surface area contributed by atoms with E-state index in [4.69, 9.17) is 19.2 Å². The summed E-state index contributed by atoms with van der Waals surface area (Å²) in [4.78, 5) is 18.7. The molecule has 3 rings (SSSR count). The summed E-state index contributed by atoms with van der Waals surface area (Å²) < 4.78 is 10.3. The zero-order chi connectivity index (χ0) is 20.3. The van der Waals surface area contributed by atoms with Crippen LogP contribution in [0.1, 0.15) is 63.8 Å². The Morgan fingerprint density at radius 2 is 1.82 bits per heavy atom. The van der Waals surface area contributed by atoms with Gasteiger partial charge in [0.15, 0.2) is 5.82 Å². The highest BCUT2D eigenvalue weighted by Crippen LogP contribution is 2.26. The maximum absolute atomic E-state index is 5.31. The van der Waals surface area contributed by atoms with Crippen molar-refractivity contribution in [2.24, 2.45) is 0 Å². The van der Waals surface area contributed by atoms with Crippen molar-refractivity contribution in [2.75, 3.05) is 38.2 Å². The Hall–Kier alpha value is -2.06. The molecule has 0 saturated carbocycles. The van der Waals surface area contributed by atoms with Gasteiger partial charge in [0.2, 0.25) is 5.89 Å². The molecule has 0 N–H and O–H groups in total. The SMILES string of the molecule is COCc1noc(CN2CCN(c3cc(C(C)(C)C)nc(C(C)C)n3)CC2)n1. The lowest BCUT2D eigenvalue weighted by atomic mass is 9.91. The van der Waals surface area contributed by atoms with Crippen molar-refractivity contribution in [3.63, 3.8) is 0 Å². The monoisotopic (exact) mass is 388 g/mol. The summed E-state index contributed by atoms with van der Waals surface area (Å²) >= 11 is 0. The Kier molecular flexibility index (Phi) is 6.30. The minimum absolute atomic E-state index is 0.00101. The number of hydrogen-bond donors (Lipinski definition) is 0. The average molecular weight is 389 g/mol. The predicted molar refractivity (Wildman–Crippen MR) is 107 cm³/mol. The molecule has 8 nitrogen and oxygen atoms in total. The Morgan fingerprint density at radius 3 is 2.43 bits per heavy atom. The molecule has 0 radical (unpaired) electrons. The molecule has 1 saturated heterocycles. The molecule has 2 aromatic heterocycles. The van der Waals surface area contributed by atoms with Crippen LogP contribution in [0.15, 0.2) is 10.6 Å². The molecule has 0 aliphatic carbocycles. The van der Waals surface area contributed by atoms with Crippen LogP contribution in [0.5, 0.6) is 0 Å². The summed E-state index contributed by atoms with van der Waals surface area (Å²) in [5.74, 6) is 3.48. The molecular formula is C20H32N6O2. The third-order valence-electron chi connectivity index (χ3n) is 4.85. The summed E-state index contributed by atoms with van der Waals surface area (Å²) in [6.45, 7) is 15.6. The highest BCUT2D eigenvalue weighted by molar-refractivity contribution is 5.42. The summed E-state index contributed by atoms with van der Waals surface area (Å²) in [6.07, 6.45) is 0. The zero-order valence-corrected chi connectivity index (χ0v) is 17.9.